The first-order valence-electron chi connectivity index (χ1n) is 7.27. The second-order valence-corrected chi connectivity index (χ2v) is 7.45. The molecule has 1 saturated heterocycles. The van der Waals surface area contributed by atoms with Gasteiger partial charge in [-0.2, -0.15) is 4.31 Å². The molecule has 1 heterocycles. The zero-order valence-electron chi connectivity index (χ0n) is 12.4. The van der Waals surface area contributed by atoms with Crippen LogP contribution in [0.5, 0.6) is 0 Å². The third kappa shape index (κ3) is 3.91. The summed E-state index contributed by atoms with van der Waals surface area (Å²) < 4.78 is 26.7. The standard InChI is InChI=1S/C14H20ClN3O3S/c1-2-9-16-14(19)17-13-4-3-10-18(13)22(20,21)12-7-5-11(15)6-8-12/h5-8,13H,2-4,9-10H2,1H3,(H2,16,17,19). The van der Waals surface area contributed by atoms with Crippen molar-refractivity contribution >= 4 is 27.7 Å². The van der Waals surface area contributed by atoms with Crippen molar-refractivity contribution in [2.75, 3.05) is 13.1 Å². The summed E-state index contributed by atoms with van der Waals surface area (Å²) in [7, 11) is -3.64. The van der Waals surface area contributed by atoms with E-state index in [-0.39, 0.29) is 10.9 Å². The van der Waals surface area contributed by atoms with Gasteiger partial charge in [0.15, 0.2) is 0 Å². The lowest BCUT2D eigenvalue weighted by Gasteiger charge is -2.25. The minimum absolute atomic E-state index is 0.180. The lowest BCUT2D eigenvalue weighted by Crippen LogP contribution is -2.50. The summed E-state index contributed by atoms with van der Waals surface area (Å²) in [4.78, 5) is 11.9. The molecule has 8 heteroatoms. The van der Waals surface area contributed by atoms with Gasteiger partial charge < -0.3 is 10.6 Å². The Labute approximate surface area is 135 Å². The Bertz CT molecular complexity index is 619. The smallest absolute Gasteiger partial charge is 0.316 e. The van der Waals surface area contributed by atoms with Crippen LogP contribution in [-0.4, -0.2) is 38.0 Å². The molecule has 0 radical (unpaired) electrons. The summed E-state index contributed by atoms with van der Waals surface area (Å²) in [6.07, 6.45) is 1.63. The average Bonchev–Trinajstić information content (AvgIpc) is 2.94. The van der Waals surface area contributed by atoms with E-state index in [4.69, 9.17) is 11.6 Å². The first-order chi connectivity index (χ1) is 10.4. The molecule has 2 N–H and O–H groups in total. The van der Waals surface area contributed by atoms with Crippen molar-refractivity contribution in [1.29, 1.82) is 0 Å². The first kappa shape index (κ1) is 17.1. The molecule has 0 bridgehead atoms. The second kappa shape index (κ2) is 7.30. The van der Waals surface area contributed by atoms with Crippen LogP contribution in [0.15, 0.2) is 29.2 Å². The number of carbonyl (C=O) groups is 1. The molecule has 6 nitrogen and oxygen atoms in total. The van der Waals surface area contributed by atoms with Crippen LogP contribution >= 0.6 is 11.6 Å². The molecule has 1 aromatic carbocycles. The third-order valence-electron chi connectivity index (χ3n) is 3.46. The maximum Gasteiger partial charge on any atom is 0.316 e. The van der Waals surface area contributed by atoms with E-state index in [1.165, 1.54) is 16.4 Å². The molecule has 22 heavy (non-hydrogen) atoms. The summed E-state index contributed by atoms with van der Waals surface area (Å²) >= 11 is 5.79. The van der Waals surface area contributed by atoms with Gasteiger partial charge in [0, 0.05) is 18.1 Å². The van der Waals surface area contributed by atoms with E-state index in [2.05, 4.69) is 10.6 Å². The number of sulfonamides is 1. The maximum atomic E-state index is 12.7. The van der Waals surface area contributed by atoms with Gasteiger partial charge >= 0.3 is 6.03 Å². The van der Waals surface area contributed by atoms with Gasteiger partial charge in [0.05, 0.1) is 11.1 Å². The average molecular weight is 346 g/mol. The Kier molecular flexibility index (Phi) is 5.66. The van der Waals surface area contributed by atoms with Crippen molar-refractivity contribution < 1.29 is 13.2 Å². The summed E-state index contributed by atoms with van der Waals surface area (Å²) in [5.74, 6) is 0. The summed E-state index contributed by atoms with van der Waals surface area (Å²) in [5.41, 5.74) is 0. The van der Waals surface area contributed by atoms with Crippen molar-refractivity contribution in [3.63, 3.8) is 0 Å². The molecule has 1 fully saturated rings. The number of nitrogens with zero attached hydrogens (tertiary/aromatic N) is 1. The number of carbonyl (C=O) groups excluding carboxylic acids is 1. The quantitative estimate of drug-likeness (QED) is 0.858. The normalized spacial score (nSPS) is 19.1. The van der Waals surface area contributed by atoms with Gasteiger partial charge in [-0.05, 0) is 43.5 Å². The van der Waals surface area contributed by atoms with Crippen LogP contribution in [0.1, 0.15) is 26.2 Å². The number of urea groups is 1. The highest BCUT2D eigenvalue weighted by Gasteiger charge is 2.36. The van der Waals surface area contributed by atoms with Crippen LogP contribution in [0, 0.1) is 0 Å². The lowest BCUT2D eigenvalue weighted by atomic mass is 10.3. The van der Waals surface area contributed by atoms with Crippen molar-refractivity contribution in [3.05, 3.63) is 29.3 Å². The summed E-state index contributed by atoms with van der Waals surface area (Å²) in [6, 6.07) is 5.70. The predicted molar refractivity (Wildman–Crippen MR) is 85.2 cm³/mol. The number of nitrogens with one attached hydrogen (secondary N) is 2. The van der Waals surface area contributed by atoms with Gasteiger partial charge in [-0.3, -0.25) is 0 Å². The Morgan fingerprint density at radius 3 is 2.68 bits per heavy atom. The SMILES string of the molecule is CCCNC(=O)NC1CCCN1S(=O)(=O)c1ccc(Cl)cc1. The highest BCUT2D eigenvalue weighted by atomic mass is 35.5. The van der Waals surface area contributed by atoms with Crippen LogP contribution < -0.4 is 10.6 Å². The van der Waals surface area contributed by atoms with Crippen LogP contribution in [0.2, 0.25) is 5.02 Å². The molecule has 1 aromatic rings. The highest BCUT2D eigenvalue weighted by Crippen LogP contribution is 2.25. The first-order valence-corrected chi connectivity index (χ1v) is 9.08. The van der Waals surface area contributed by atoms with E-state index in [0.717, 1.165) is 6.42 Å². The molecule has 0 saturated carbocycles. The monoisotopic (exact) mass is 345 g/mol. The molecular weight excluding hydrogens is 326 g/mol. The van der Waals surface area contributed by atoms with Crippen molar-refractivity contribution in [2.45, 2.75) is 37.2 Å². The molecule has 0 aromatic heterocycles. The summed E-state index contributed by atoms with van der Waals surface area (Å²) in [5, 5.41) is 5.89. The van der Waals surface area contributed by atoms with Crippen LogP contribution in [0.4, 0.5) is 4.79 Å². The van der Waals surface area contributed by atoms with E-state index in [0.29, 0.717) is 31.0 Å². The Morgan fingerprint density at radius 1 is 1.36 bits per heavy atom. The predicted octanol–water partition coefficient (Wildman–Crippen LogP) is 2.16. The van der Waals surface area contributed by atoms with Gasteiger partial charge in [-0.1, -0.05) is 18.5 Å². The molecule has 2 amide bonds. The molecule has 122 valence electrons. The second-order valence-electron chi connectivity index (χ2n) is 5.13. The zero-order valence-corrected chi connectivity index (χ0v) is 14.0. The fraction of sp³-hybridized carbons (Fsp3) is 0.500. The Hall–Kier alpha value is -1.31. The van der Waals surface area contributed by atoms with Gasteiger partial charge in [0.2, 0.25) is 10.0 Å². The number of halogens is 1. The van der Waals surface area contributed by atoms with E-state index < -0.39 is 16.2 Å². The van der Waals surface area contributed by atoms with Crippen LogP contribution in [0.25, 0.3) is 0 Å². The van der Waals surface area contributed by atoms with E-state index in [9.17, 15) is 13.2 Å². The highest BCUT2D eigenvalue weighted by molar-refractivity contribution is 7.89. The van der Waals surface area contributed by atoms with E-state index in [1.54, 1.807) is 12.1 Å². The van der Waals surface area contributed by atoms with Crippen molar-refractivity contribution in [2.24, 2.45) is 0 Å². The van der Waals surface area contributed by atoms with E-state index >= 15 is 0 Å². The maximum absolute atomic E-state index is 12.7. The van der Waals surface area contributed by atoms with Crippen LogP contribution in [0.3, 0.4) is 0 Å². The van der Waals surface area contributed by atoms with Gasteiger partial charge in [-0.15, -0.1) is 0 Å². The van der Waals surface area contributed by atoms with Gasteiger partial charge in [0.1, 0.15) is 0 Å². The largest absolute Gasteiger partial charge is 0.338 e. The van der Waals surface area contributed by atoms with Crippen LogP contribution in [-0.2, 0) is 10.0 Å². The molecule has 0 spiro atoms. The molecule has 1 atom stereocenters. The number of hydrogen-bond donors (Lipinski definition) is 2. The van der Waals surface area contributed by atoms with E-state index in [1.807, 2.05) is 6.92 Å². The minimum Gasteiger partial charge on any atom is -0.338 e. The van der Waals surface area contributed by atoms with Crippen molar-refractivity contribution in [1.82, 2.24) is 14.9 Å². The fourth-order valence-electron chi connectivity index (χ4n) is 2.36. The summed E-state index contributed by atoms with van der Waals surface area (Å²) in [6.45, 7) is 2.90. The Balaban J connectivity index is 2.12. The molecule has 1 aliphatic rings. The van der Waals surface area contributed by atoms with Crippen molar-refractivity contribution in [3.8, 4) is 0 Å². The number of hydrogen-bond acceptors (Lipinski definition) is 3. The number of rotatable bonds is 5. The topological polar surface area (TPSA) is 78.5 Å². The molecule has 2 rings (SSSR count). The number of benzene rings is 1. The Morgan fingerprint density at radius 2 is 2.05 bits per heavy atom. The van der Waals surface area contributed by atoms with Gasteiger partial charge in [-0.25, -0.2) is 13.2 Å². The lowest BCUT2D eigenvalue weighted by molar-refractivity contribution is 0.228. The minimum atomic E-state index is -3.64. The number of amides is 2. The third-order valence-corrected chi connectivity index (χ3v) is 5.63. The van der Waals surface area contributed by atoms with Gasteiger partial charge in [0.25, 0.3) is 0 Å². The molecule has 1 aliphatic heterocycles. The fourth-order valence-corrected chi connectivity index (χ4v) is 4.09. The molecule has 1 unspecified atom stereocenters. The molecule has 0 aliphatic carbocycles. The zero-order chi connectivity index (χ0) is 16.2. The molecular formula is C14H20ClN3O3S.